The second-order valence-electron chi connectivity index (χ2n) is 7.50. The first kappa shape index (κ1) is 17.7. The van der Waals surface area contributed by atoms with Crippen LogP contribution in [0.5, 0.6) is 0 Å². The van der Waals surface area contributed by atoms with Gasteiger partial charge in [0.1, 0.15) is 0 Å². The van der Waals surface area contributed by atoms with E-state index in [1.165, 1.54) is 17.2 Å². The van der Waals surface area contributed by atoms with E-state index in [2.05, 4.69) is 17.4 Å². The van der Waals surface area contributed by atoms with Crippen molar-refractivity contribution in [2.45, 2.75) is 44.3 Å². The molecule has 2 aromatic carbocycles. The van der Waals surface area contributed by atoms with E-state index < -0.39 is 0 Å². The molecule has 0 radical (unpaired) electrons. The van der Waals surface area contributed by atoms with Crippen molar-refractivity contribution in [1.82, 2.24) is 10.2 Å². The molecule has 0 fully saturated rings. The van der Waals surface area contributed by atoms with Crippen molar-refractivity contribution in [1.29, 1.82) is 0 Å². The molecule has 2 atom stereocenters. The number of likely N-dealkylation sites (N-methyl/N-ethyl adjacent to an activating group) is 1. The first-order valence-corrected chi connectivity index (χ1v) is 9.37. The number of nitro benzene ring substituents is 1. The lowest BCUT2D eigenvalue weighted by Crippen LogP contribution is -2.49. The van der Waals surface area contributed by atoms with Gasteiger partial charge in [0.05, 0.1) is 17.0 Å². The Kier molecular flexibility index (Phi) is 4.66. The number of fused-ring (bicyclic) bond motifs is 2. The summed E-state index contributed by atoms with van der Waals surface area (Å²) < 4.78 is 0. The second-order valence-corrected chi connectivity index (χ2v) is 7.50. The van der Waals surface area contributed by atoms with Crippen LogP contribution in [0.4, 0.5) is 5.69 Å². The Bertz CT molecular complexity index is 896. The Labute approximate surface area is 158 Å². The van der Waals surface area contributed by atoms with Gasteiger partial charge in [0.2, 0.25) is 5.91 Å². The van der Waals surface area contributed by atoms with Crippen molar-refractivity contribution in [2.75, 3.05) is 7.05 Å². The number of hydrogen-bond donors (Lipinski definition) is 1. The Hall–Kier alpha value is -2.73. The monoisotopic (exact) mass is 365 g/mol. The molecule has 1 amide bonds. The van der Waals surface area contributed by atoms with E-state index in [4.69, 9.17) is 0 Å². The van der Waals surface area contributed by atoms with Crippen LogP contribution in [-0.4, -0.2) is 28.8 Å². The zero-order valence-corrected chi connectivity index (χ0v) is 15.4. The summed E-state index contributed by atoms with van der Waals surface area (Å²) in [6.45, 7) is 0.538. The fourth-order valence-electron chi connectivity index (χ4n) is 4.28. The molecule has 0 saturated carbocycles. The number of nitrogens with one attached hydrogen (secondary N) is 1. The predicted molar refractivity (Wildman–Crippen MR) is 102 cm³/mol. The fourth-order valence-corrected chi connectivity index (χ4v) is 4.28. The summed E-state index contributed by atoms with van der Waals surface area (Å²) in [6, 6.07) is 13.1. The van der Waals surface area contributed by atoms with Crippen molar-refractivity contribution < 1.29 is 9.72 Å². The van der Waals surface area contributed by atoms with Crippen LogP contribution in [0.15, 0.2) is 42.5 Å². The van der Waals surface area contributed by atoms with E-state index in [1.54, 1.807) is 12.1 Å². The van der Waals surface area contributed by atoms with Crippen LogP contribution < -0.4 is 5.32 Å². The largest absolute Gasteiger partial charge is 0.348 e. The zero-order valence-electron chi connectivity index (χ0n) is 15.4. The Morgan fingerprint density at radius 1 is 1.19 bits per heavy atom. The molecule has 1 N–H and O–H groups in total. The zero-order chi connectivity index (χ0) is 19.0. The van der Waals surface area contributed by atoms with Crippen LogP contribution in [0, 0.1) is 10.1 Å². The molecule has 4 rings (SSSR count). The molecule has 6 heteroatoms. The van der Waals surface area contributed by atoms with Crippen molar-refractivity contribution in [2.24, 2.45) is 0 Å². The maximum absolute atomic E-state index is 13.0. The van der Waals surface area contributed by atoms with Gasteiger partial charge in [-0.2, -0.15) is 0 Å². The van der Waals surface area contributed by atoms with Gasteiger partial charge < -0.3 is 5.32 Å². The molecule has 27 heavy (non-hydrogen) atoms. The van der Waals surface area contributed by atoms with E-state index in [0.717, 1.165) is 30.4 Å². The van der Waals surface area contributed by atoms with Gasteiger partial charge in [-0.1, -0.05) is 30.3 Å². The summed E-state index contributed by atoms with van der Waals surface area (Å²) in [5, 5.41) is 14.2. The molecular formula is C21H23N3O3. The number of nitrogens with zero attached hydrogens (tertiary/aromatic N) is 2. The molecule has 0 saturated heterocycles. The van der Waals surface area contributed by atoms with Gasteiger partial charge in [-0.3, -0.25) is 19.8 Å². The van der Waals surface area contributed by atoms with Crippen LogP contribution >= 0.6 is 0 Å². The Morgan fingerprint density at radius 2 is 2.00 bits per heavy atom. The Balaban J connectivity index is 1.51. The lowest BCUT2D eigenvalue weighted by molar-refractivity contribution is -0.385. The third kappa shape index (κ3) is 3.45. The Morgan fingerprint density at radius 3 is 2.81 bits per heavy atom. The first-order valence-electron chi connectivity index (χ1n) is 9.37. The third-order valence-corrected chi connectivity index (χ3v) is 5.75. The number of non-ortho nitro benzene ring substituents is 1. The van der Waals surface area contributed by atoms with Gasteiger partial charge in [0, 0.05) is 18.7 Å². The number of rotatable bonds is 3. The lowest BCUT2D eigenvalue weighted by Gasteiger charge is -2.35. The number of amides is 1. The quantitative estimate of drug-likeness (QED) is 0.670. The second kappa shape index (κ2) is 7.12. The number of aryl methyl sites for hydroxylation is 1. The smallest absolute Gasteiger partial charge is 0.269 e. The van der Waals surface area contributed by atoms with Crippen LogP contribution in [0.2, 0.25) is 0 Å². The topological polar surface area (TPSA) is 75.5 Å². The minimum Gasteiger partial charge on any atom is -0.348 e. The average Bonchev–Trinajstić information content (AvgIpc) is 2.67. The van der Waals surface area contributed by atoms with Crippen molar-refractivity contribution in [3.8, 4) is 0 Å². The number of benzene rings is 2. The number of nitro groups is 1. The van der Waals surface area contributed by atoms with E-state index in [0.29, 0.717) is 13.0 Å². The third-order valence-electron chi connectivity index (χ3n) is 5.75. The molecule has 140 valence electrons. The summed E-state index contributed by atoms with van der Waals surface area (Å²) in [4.78, 5) is 25.6. The molecule has 0 aromatic heterocycles. The predicted octanol–water partition coefficient (Wildman–Crippen LogP) is 3.15. The maximum atomic E-state index is 13.0. The summed E-state index contributed by atoms with van der Waals surface area (Å²) in [6.07, 6.45) is 3.68. The van der Waals surface area contributed by atoms with Gasteiger partial charge in [-0.15, -0.1) is 0 Å². The van der Waals surface area contributed by atoms with Crippen molar-refractivity contribution in [3.63, 3.8) is 0 Å². The molecule has 1 aliphatic heterocycles. The van der Waals surface area contributed by atoms with E-state index in [9.17, 15) is 14.9 Å². The maximum Gasteiger partial charge on any atom is 0.269 e. The highest BCUT2D eigenvalue weighted by atomic mass is 16.6. The van der Waals surface area contributed by atoms with Crippen LogP contribution in [0.3, 0.4) is 0 Å². The molecule has 2 aromatic rings. The number of carbonyl (C=O) groups excluding carboxylic acids is 1. The van der Waals surface area contributed by atoms with Gasteiger partial charge >= 0.3 is 0 Å². The minimum atomic E-state index is -0.375. The van der Waals surface area contributed by atoms with Crippen LogP contribution in [0.25, 0.3) is 0 Å². The highest BCUT2D eigenvalue weighted by molar-refractivity contribution is 5.83. The molecular weight excluding hydrogens is 342 g/mol. The van der Waals surface area contributed by atoms with Gasteiger partial charge in [0.15, 0.2) is 0 Å². The lowest BCUT2D eigenvalue weighted by atomic mass is 9.87. The van der Waals surface area contributed by atoms with Crippen LogP contribution in [-0.2, 0) is 24.2 Å². The molecule has 1 aliphatic carbocycles. The van der Waals surface area contributed by atoms with E-state index in [1.807, 2.05) is 24.1 Å². The van der Waals surface area contributed by atoms with Crippen molar-refractivity contribution >= 4 is 11.6 Å². The SMILES string of the molecule is CN1Cc2cc([N+](=O)[O-])ccc2CC1C(=O)NC1CCCc2ccccc21. The number of carbonyl (C=O) groups is 1. The van der Waals surface area contributed by atoms with Gasteiger partial charge in [-0.25, -0.2) is 0 Å². The standard InChI is InChI=1S/C21H23N3O3/c1-23-13-16-11-17(24(26)27)10-9-15(16)12-20(23)21(25)22-19-8-4-6-14-5-2-3-7-18(14)19/h2-3,5,7,9-11,19-20H,4,6,8,12-13H2,1H3,(H,22,25). The minimum absolute atomic E-state index is 0.0307. The molecule has 2 unspecified atom stereocenters. The summed E-state index contributed by atoms with van der Waals surface area (Å²) in [5.74, 6) is 0.0307. The van der Waals surface area contributed by atoms with Crippen LogP contribution in [0.1, 0.15) is 41.1 Å². The summed E-state index contributed by atoms with van der Waals surface area (Å²) in [5.41, 5.74) is 4.60. The normalized spacial score (nSPS) is 21.8. The van der Waals surface area contributed by atoms with Gasteiger partial charge in [0.25, 0.3) is 5.69 Å². The summed E-state index contributed by atoms with van der Waals surface area (Å²) in [7, 11) is 1.90. The van der Waals surface area contributed by atoms with E-state index in [-0.39, 0.29) is 28.6 Å². The fraction of sp³-hybridized carbons (Fsp3) is 0.381. The molecule has 0 spiro atoms. The van der Waals surface area contributed by atoms with Crippen molar-refractivity contribution in [3.05, 3.63) is 74.8 Å². The highest BCUT2D eigenvalue weighted by Gasteiger charge is 2.32. The average molecular weight is 365 g/mol. The highest BCUT2D eigenvalue weighted by Crippen LogP contribution is 2.31. The first-order chi connectivity index (χ1) is 13.0. The number of hydrogen-bond acceptors (Lipinski definition) is 4. The molecule has 1 heterocycles. The molecule has 6 nitrogen and oxygen atoms in total. The molecule has 2 aliphatic rings. The van der Waals surface area contributed by atoms with E-state index >= 15 is 0 Å². The van der Waals surface area contributed by atoms with Gasteiger partial charge in [-0.05, 0) is 55.0 Å². The molecule has 0 bridgehead atoms. The summed E-state index contributed by atoms with van der Waals surface area (Å²) >= 11 is 0.